The van der Waals surface area contributed by atoms with Crippen molar-refractivity contribution in [2.24, 2.45) is 0 Å². The first-order valence-corrected chi connectivity index (χ1v) is 12.1. The average molecular weight is 444 g/mol. The maximum Gasteiger partial charge on any atom is 0.247 e. The van der Waals surface area contributed by atoms with Crippen LogP contribution in [-0.4, -0.2) is 60.9 Å². The lowest BCUT2D eigenvalue weighted by Crippen LogP contribution is -2.69. The van der Waals surface area contributed by atoms with Crippen molar-refractivity contribution in [1.29, 1.82) is 0 Å². The lowest BCUT2D eigenvalue weighted by Gasteiger charge is -2.46. The van der Waals surface area contributed by atoms with Crippen LogP contribution < -0.4 is 5.32 Å². The number of amides is 2. The number of piperazine rings is 1. The zero-order valence-electron chi connectivity index (χ0n) is 18.2. The lowest BCUT2D eigenvalue weighted by molar-refractivity contribution is -0.152. The second-order valence-electron chi connectivity index (χ2n) is 8.25. The maximum absolute atomic E-state index is 13.3. The second kappa shape index (κ2) is 9.20. The molecule has 8 heteroatoms. The Balaban J connectivity index is 1.81. The summed E-state index contributed by atoms with van der Waals surface area (Å²) in [6, 6.07) is 17.5. The monoisotopic (exact) mass is 443 g/mol. The molecule has 7 nitrogen and oxygen atoms in total. The number of hydrogen-bond acceptors (Lipinski definition) is 4. The van der Waals surface area contributed by atoms with E-state index in [1.807, 2.05) is 61.5 Å². The number of nitrogens with zero attached hydrogens (tertiary/aromatic N) is 2. The zero-order valence-corrected chi connectivity index (χ0v) is 19.0. The molecule has 0 aromatic heterocycles. The Morgan fingerprint density at radius 1 is 1.06 bits per heavy atom. The second-order valence-corrected chi connectivity index (χ2v) is 10.2. The Hall–Kier alpha value is -2.71. The first-order valence-electron chi connectivity index (χ1n) is 10.2. The lowest BCUT2D eigenvalue weighted by atomic mass is 9.94. The number of sulfonamides is 1. The molecule has 166 valence electrons. The van der Waals surface area contributed by atoms with Crippen LogP contribution in [-0.2, 0) is 32.6 Å². The minimum atomic E-state index is -3.62. The summed E-state index contributed by atoms with van der Waals surface area (Å²) in [6.07, 6.45) is 1.64. The van der Waals surface area contributed by atoms with Gasteiger partial charge in [0.15, 0.2) is 0 Å². The molecule has 1 atom stereocenters. The number of carbonyl (C=O) groups is 2. The summed E-state index contributed by atoms with van der Waals surface area (Å²) in [5, 5.41) is 2.90. The van der Waals surface area contributed by atoms with E-state index in [1.165, 1.54) is 4.90 Å². The van der Waals surface area contributed by atoms with Gasteiger partial charge in [0.1, 0.15) is 5.54 Å². The molecule has 1 aliphatic rings. The van der Waals surface area contributed by atoms with Gasteiger partial charge in [0.2, 0.25) is 21.8 Å². The molecule has 1 fully saturated rings. The third kappa shape index (κ3) is 5.51. The molecule has 1 saturated heterocycles. The zero-order chi connectivity index (χ0) is 22.6. The average Bonchev–Trinajstić information content (AvgIpc) is 2.72. The highest BCUT2D eigenvalue weighted by molar-refractivity contribution is 7.88. The fourth-order valence-electron chi connectivity index (χ4n) is 3.76. The van der Waals surface area contributed by atoms with Crippen LogP contribution in [0.3, 0.4) is 0 Å². The van der Waals surface area contributed by atoms with E-state index in [0.29, 0.717) is 19.5 Å². The van der Waals surface area contributed by atoms with E-state index in [0.717, 1.165) is 27.3 Å². The normalized spacial score (nSPS) is 20.0. The van der Waals surface area contributed by atoms with Gasteiger partial charge in [0.25, 0.3) is 0 Å². The number of benzene rings is 2. The summed E-state index contributed by atoms with van der Waals surface area (Å²) in [5.74, 6) is -0.747. The Morgan fingerprint density at radius 2 is 1.71 bits per heavy atom. The van der Waals surface area contributed by atoms with Crippen LogP contribution in [0.1, 0.15) is 23.6 Å². The Labute approximate surface area is 184 Å². The van der Waals surface area contributed by atoms with Crippen molar-refractivity contribution in [3.05, 3.63) is 71.3 Å². The SMILES string of the molecule is Cc1ccc(CNC(=O)[C@@]2(C)CN(S(C)(=O)=O)CC(=O)N2CCc2ccccc2)cc1. The van der Waals surface area contributed by atoms with Crippen LogP contribution in [0.5, 0.6) is 0 Å². The summed E-state index contributed by atoms with van der Waals surface area (Å²) in [6.45, 7) is 3.92. The van der Waals surface area contributed by atoms with Gasteiger partial charge in [0, 0.05) is 19.6 Å². The van der Waals surface area contributed by atoms with Gasteiger partial charge in [-0.05, 0) is 31.4 Å². The smallest absolute Gasteiger partial charge is 0.247 e. The molecule has 0 aliphatic carbocycles. The van der Waals surface area contributed by atoms with E-state index in [2.05, 4.69) is 5.32 Å². The Kier molecular flexibility index (Phi) is 6.81. The van der Waals surface area contributed by atoms with E-state index >= 15 is 0 Å². The van der Waals surface area contributed by atoms with Gasteiger partial charge in [-0.1, -0.05) is 60.2 Å². The largest absolute Gasteiger partial charge is 0.350 e. The first kappa shape index (κ1) is 23.0. The summed E-state index contributed by atoms with van der Waals surface area (Å²) >= 11 is 0. The molecule has 0 radical (unpaired) electrons. The fourth-order valence-corrected chi connectivity index (χ4v) is 4.59. The molecule has 0 unspecified atom stereocenters. The van der Waals surface area contributed by atoms with Crippen LogP contribution in [0.15, 0.2) is 54.6 Å². The predicted octanol–water partition coefficient (Wildman–Crippen LogP) is 1.72. The van der Waals surface area contributed by atoms with Crippen molar-refractivity contribution in [2.75, 3.05) is 25.9 Å². The maximum atomic E-state index is 13.3. The minimum absolute atomic E-state index is 0.0773. The molecule has 2 aromatic rings. The predicted molar refractivity (Wildman–Crippen MR) is 120 cm³/mol. The summed E-state index contributed by atoms with van der Waals surface area (Å²) in [4.78, 5) is 27.7. The van der Waals surface area contributed by atoms with Gasteiger partial charge in [-0.3, -0.25) is 9.59 Å². The molecule has 31 heavy (non-hydrogen) atoms. The molecular weight excluding hydrogens is 414 g/mol. The molecule has 0 saturated carbocycles. The van der Waals surface area contributed by atoms with E-state index in [9.17, 15) is 18.0 Å². The van der Waals surface area contributed by atoms with E-state index < -0.39 is 15.6 Å². The molecule has 0 spiro atoms. The third-order valence-electron chi connectivity index (χ3n) is 5.69. The highest BCUT2D eigenvalue weighted by Crippen LogP contribution is 2.25. The molecule has 1 heterocycles. The van der Waals surface area contributed by atoms with Crippen molar-refractivity contribution in [2.45, 2.75) is 32.4 Å². The first-order chi connectivity index (χ1) is 14.6. The van der Waals surface area contributed by atoms with Crippen molar-refractivity contribution in [1.82, 2.24) is 14.5 Å². The van der Waals surface area contributed by atoms with Crippen LogP contribution in [0.25, 0.3) is 0 Å². The number of nitrogens with one attached hydrogen (secondary N) is 1. The van der Waals surface area contributed by atoms with Crippen LogP contribution in [0.2, 0.25) is 0 Å². The van der Waals surface area contributed by atoms with Gasteiger partial charge in [-0.25, -0.2) is 8.42 Å². The van der Waals surface area contributed by atoms with Crippen molar-refractivity contribution < 1.29 is 18.0 Å². The van der Waals surface area contributed by atoms with E-state index in [4.69, 9.17) is 0 Å². The molecule has 2 amide bonds. The number of hydrogen-bond donors (Lipinski definition) is 1. The van der Waals surface area contributed by atoms with E-state index in [-0.39, 0.29) is 24.9 Å². The molecule has 1 aliphatic heterocycles. The topological polar surface area (TPSA) is 86.8 Å². The minimum Gasteiger partial charge on any atom is -0.350 e. The molecule has 0 bridgehead atoms. The molecule has 3 rings (SSSR count). The molecule has 2 aromatic carbocycles. The van der Waals surface area contributed by atoms with Gasteiger partial charge in [-0.2, -0.15) is 4.31 Å². The molecular formula is C23H29N3O4S. The number of rotatable bonds is 7. The van der Waals surface area contributed by atoms with Crippen LogP contribution in [0, 0.1) is 6.92 Å². The van der Waals surface area contributed by atoms with Crippen LogP contribution in [0.4, 0.5) is 0 Å². The van der Waals surface area contributed by atoms with Gasteiger partial charge < -0.3 is 10.2 Å². The highest BCUT2D eigenvalue weighted by atomic mass is 32.2. The van der Waals surface area contributed by atoms with E-state index in [1.54, 1.807) is 6.92 Å². The van der Waals surface area contributed by atoms with Crippen molar-refractivity contribution >= 4 is 21.8 Å². The van der Waals surface area contributed by atoms with Crippen LogP contribution >= 0.6 is 0 Å². The highest BCUT2D eigenvalue weighted by Gasteiger charge is 2.49. The van der Waals surface area contributed by atoms with Crippen molar-refractivity contribution in [3.8, 4) is 0 Å². The van der Waals surface area contributed by atoms with Gasteiger partial charge in [-0.15, -0.1) is 0 Å². The Bertz CT molecular complexity index is 1040. The van der Waals surface area contributed by atoms with Gasteiger partial charge >= 0.3 is 0 Å². The van der Waals surface area contributed by atoms with Gasteiger partial charge in [0.05, 0.1) is 12.8 Å². The number of aryl methyl sites for hydroxylation is 1. The summed E-state index contributed by atoms with van der Waals surface area (Å²) in [7, 11) is -3.62. The summed E-state index contributed by atoms with van der Waals surface area (Å²) in [5.41, 5.74) is 1.79. The number of carbonyl (C=O) groups excluding carboxylic acids is 2. The standard InChI is InChI=1S/C23H29N3O4S/c1-18-9-11-20(12-10-18)15-24-22(28)23(2)17-25(31(3,29)30)16-21(27)26(23)14-13-19-7-5-4-6-8-19/h4-12H,13-17H2,1-3H3,(H,24,28)/t23-/m1/s1. The summed E-state index contributed by atoms with van der Waals surface area (Å²) < 4.78 is 25.4. The van der Waals surface area contributed by atoms with Crippen molar-refractivity contribution in [3.63, 3.8) is 0 Å². The Morgan fingerprint density at radius 3 is 2.32 bits per heavy atom. The third-order valence-corrected chi connectivity index (χ3v) is 6.89. The molecule has 1 N–H and O–H groups in total. The quantitative estimate of drug-likeness (QED) is 0.706. The fraction of sp³-hybridized carbons (Fsp3) is 0.391.